The van der Waals surface area contributed by atoms with Crippen molar-refractivity contribution in [1.29, 1.82) is 0 Å². The first kappa shape index (κ1) is 39.5. The SMILES string of the molecule is C=CCNC(=O)C(=O)C(CCCC)NC(=O)[C@@H]1[C@@H]2[C@H](CN1C(=O)[C@@H](NC(=O)N[C@@H](CN1C(=O)CCNC1=O)C(C)(C)C)C(C)(C)C)C2(C)C. The molecule has 5 N–H and O–H groups in total. The van der Waals surface area contributed by atoms with Gasteiger partial charge in [0.2, 0.25) is 23.5 Å². The Hall–Kier alpha value is -3.97. The molecule has 1 saturated carbocycles. The fourth-order valence-corrected chi connectivity index (χ4v) is 6.83. The summed E-state index contributed by atoms with van der Waals surface area (Å²) < 4.78 is 0. The Morgan fingerprint density at radius 2 is 1.67 bits per heavy atom. The van der Waals surface area contributed by atoms with E-state index in [9.17, 15) is 33.6 Å². The molecule has 6 atom stereocenters. The highest BCUT2D eigenvalue weighted by Gasteiger charge is 2.70. The minimum absolute atomic E-state index is 0.0424. The van der Waals surface area contributed by atoms with Crippen molar-refractivity contribution in [2.24, 2.45) is 28.1 Å². The third kappa shape index (κ3) is 9.18. The zero-order chi connectivity index (χ0) is 37.1. The van der Waals surface area contributed by atoms with Crippen molar-refractivity contribution in [1.82, 2.24) is 36.4 Å². The second-order valence-corrected chi connectivity index (χ2v) is 16.3. The normalized spacial score (nSPS) is 23.3. The Bertz CT molecular complexity index is 1320. The second kappa shape index (κ2) is 15.3. The summed E-state index contributed by atoms with van der Waals surface area (Å²) in [5.74, 6) is -2.97. The van der Waals surface area contributed by atoms with Crippen LogP contribution < -0.4 is 26.6 Å². The van der Waals surface area contributed by atoms with Crippen molar-refractivity contribution in [3.63, 3.8) is 0 Å². The van der Waals surface area contributed by atoms with Gasteiger partial charge in [0.05, 0.1) is 18.6 Å². The summed E-state index contributed by atoms with van der Waals surface area (Å²) in [6, 6.07) is -4.82. The first-order valence-electron chi connectivity index (χ1n) is 17.4. The minimum atomic E-state index is -1.05. The monoisotopic (exact) mass is 687 g/mol. The maximum atomic E-state index is 14.4. The predicted molar refractivity (Wildman–Crippen MR) is 184 cm³/mol. The molecule has 0 aromatic carbocycles. The summed E-state index contributed by atoms with van der Waals surface area (Å²) in [7, 11) is 0. The number of hydrogen-bond donors (Lipinski definition) is 5. The quantitative estimate of drug-likeness (QED) is 0.137. The lowest BCUT2D eigenvalue weighted by Crippen LogP contribution is -2.63. The molecule has 3 aliphatic rings. The zero-order valence-corrected chi connectivity index (χ0v) is 30.7. The molecule has 14 heteroatoms. The summed E-state index contributed by atoms with van der Waals surface area (Å²) in [6.45, 7) is 21.2. The molecule has 0 bridgehead atoms. The molecular formula is C35H57N7O7. The van der Waals surface area contributed by atoms with Gasteiger partial charge in [0.1, 0.15) is 12.1 Å². The zero-order valence-electron chi connectivity index (χ0n) is 30.7. The van der Waals surface area contributed by atoms with E-state index < -0.39 is 70.6 Å². The van der Waals surface area contributed by atoms with Gasteiger partial charge >= 0.3 is 12.1 Å². The van der Waals surface area contributed by atoms with E-state index in [2.05, 4.69) is 33.2 Å². The fourth-order valence-electron chi connectivity index (χ4n) is 6.83. The summed E-state index contributed by atoms with van der Waals surface area (Å²) >= 11 is 0. The molecule has 1 aliphatic carbocycles. The number of piperidine rings is 1. The molecular weight excluding hydrogens is 630 g/mol. The highest BCUT2D eigenvalue weighted by Crippen LogP contribution is 2.65. The van der Waals surface area contributed by atoms with Crippen molar-refractivity contribution in [3.8, 4) is 0 Å². The Morgan fingerprint density at radius 1 is 1.02 bits per heavy atom. The van der Waals surface area contributed by atoms with Crippen molar-refractivity contribution in [3.05, 3.63) is 12.7 Å². The minimum Gasteiger partial charge on any atom is -0.346 e. The summed E-state index contributed by atoms with van der Waals surface area (Å²) in [5.41, 5.74) is -1.56. The van der Waals surface area contributed by atoms with Crippen LogP contribution >= 0.6 is 0 Å². The number of hydrogen-bond acceptors (Lipinski definition) is 7. The Kier molecular flexibility index (Phi) is 12.3. The molecule has 0 radical (unpaired) electrons. The second-order valence-electron chi connectivity index (χ2n) is 16.3. The maximum absolute atomic E-state index is 14.4. The predicted octanol–water partition coefficient (Wildman–Crippen LogP) is 2.09. The van der Waals surface area contributed by atoms with Gasteiger partial charge in [-0.15, -0.1) is 6.58 Å². The number of amides is 8. The van der Waals surface area contributed by atoms with Crippen LogP contribution in [0.15, 0.2) is 12.7 Å². The number of likely N-dealkylation sites (tertiary alicyclic amines) is 1. The van der Waals surface area contributed by atoms with Crippen molar-refractivity contribution in [2.75, 3.05) is 26.2 Å². The van der Waals surface area contributed by atoms with E-state index in [1.807, 2.05) is 62.3 Å². The number of unbranched alkanes of at least 4 members (excludes halogenated alkanes) is 1. The maximum Gasteiger partial charge on any atom is 0.324 e. The highest BCUT2D eigenvalue weighted by atomic mass is 16.2. The lowest BCUT2D eigenvalue weighted by Gasteiger charge is -2.39. The summed E-state index contributed by atoms with van der Waals surface area (Å²) in [4.78, 5) is 95.1. The molecule has 0 spiro atoms. The molecule has 1 unspecified atom stereocenters. The molecule has 2 aliphatic heterocycles. The van der Waals surface area contributed by atoms with Crippen LogP contribution in [-0.2, 0) is 24.0 Å². The van der Waals surface area contributed by atoms with Gasteiger partial charge in [0.25, 0.3) is 5.91 Å². The number of imide groups is 1. The van der Waals surface area contributed by atoms with E-state index in [1.54, 1.807) is 0 Å². The van der Waals surface area contributed by atoms with E-state index in [0.29, 0.717) is 13.0 Å². The van der Waals surface area contributed by atoms with Gasteiger partial charge < -0.3 is 31.5 Å². The van der Waals surface area contributed by atoms with Crippen LogP contribution in [0.25, 0.3) is 0 Å². The molecule has 2 saturated heterocycles. The molecule has 3 rings (SSSR count). The van der Waals surface area contributed by atoms with Gasteiger partial charge in [-0.3, -0.25) is 28.9 Å². The summed E-state index contributed by atoms with van der Waals surface area (Å²) in [5, 5.41) is 13.7. The van der Waals surface area contributed by atoms with Gasteiger partial charge in [-0.25, -0.2) is 9.59 Å². The highest BCUT2D eigenvalue weighted by molar-refractivity contribution is 6.38. The Morgan fingerprint density at radius 3 is 2.22 bits per heavy atom. The molecule has 274 valence electrons. The van der Waals surface area contributed by atoms with Gasteiger partial charge in [-0.05, 0) is 34.5 Å². The van der Waals surface area contributed by atoms with Gasteiger partial charge in [-0.2, -0.15) is 0 Å². The third-order valence-electron chi connectivity index (χ3n) is 10.1. The van der Waals surface area contributed by atoms with E-state index in [1.165, 1.54) is 11.0 Å². The summed E-state index contributed by atoms with van der Waals surface area (Å²) in [6.07, 6.45) is 3.24. The van der Waals surface area contributed by atoms with Gasteiger partial charge in [0.15, 0.2) is 0 Å². The number of fused-ring (bicyclic) bond motifs is 1. The van der Waals surface area contributed by atoms with Crippen LogP contribution in [0.5, 0.6) is 0 Å². The van der Waals surface area contributed by atoms with Crippen LogP contribution in [0.4, 0.5) is 9.59 Å². The van der Waals surface area contributed by atoms with E-state index in [4.69, 9.17) is 0 Å². The number of ketones is 1. The lowest BCUT2D eigenvalue weighted by atomic mass is 9.84. The standard InChI is InChI=1S/C35H57N7O7/c1-11-13-14-21(26(44)29(46)36-16-12-2)38-28(45)25-24-20(35(24,9)10)18-42(25)30(47)27(34(6,7)8)40-31(48)39-22(33(3,4)5)19-41-23(43)15-17-37-32(41)49/h12,20-22,24-25,27H,2,11,13-19H2,1,3-10H3,(H,36,46)(H,37,49)(H,38,45)(H2,39,40,48)/t20-,21?,22-,24-,25-,27+/m0/s1. The van der Waals surface area contributed by atoms with Crippen LogP contribution in [0.1, 0.15) is 88.0 Å². The van der Waals surface area contributed by atoms with Crippen LogP contribution in [0.3, 0.4) is 0 Å². The number of rotatable bonds is 14. The number of urea groups is 2. The van der Waals surface area contributed by atoms with E-state index in [-0.39, 0.29) is 55.6 Å². The number of carbonyl (C=O) groups is 7. The van der Waals surface area contributed by atoms with Crippen molar-refractivity contribution >= 4 is 41.5 Å². The van der Waals surface area contributed by atoms with Crippen LogP contribution in [-0.4, -0.2) is 102 Å². The van der Waals surface area contributed by atoms with Gasteiger partial charge in [0, 0.05) is 26.1 Å². The van der Waals surface area contributed by atoms with Gasteiger partial charge in [-0.1, -0.05) is 81.2 Å². The van der Waals surface area contributed by atoms with E-state index in [0.717, 1.165) is 11.3 Å². The smallest absolute Gasteiger partial charge is 0.324 e. The van der Waals surface area contributed by atoms with Crippen molar-refractivity contribution in [2.45, 2.75) is 112 Å². The Balaban J connectivity index is 1.83. The average molecular weight is 688 g/mol. The molecule has 14 nitrogen and oxygen atoms in total. The molecule has 8 amide bonds. The number of carbonyl (C=O) groups excluding carboxylic acids is 7. The number of nitrogens with one attached hydrogen (secondary N) is 5. The molecule has 49 heavy (non-hydrogen) atoms. The van der Waals surface area contributed by atoms with E-state index >= 15 is 0 Å². The van der Waals surface area contributed by atoms with Crippen LogP contribution in [0.2, 0.25) is 0 Å². The fraction of sp³-hybridized carbons (Fsp3) is 0.743. The first-order chi connectivity index (χ1) is 22.7. The number of Topliss-reactive ketones (excluding diaryl/α,β-unsaturated/α-hetero) is 1. The average Bonchev–Trinajstić information content (AvgIpc) is 3.31. The van der Waals surface area contributed by atoms with Crippen molar-refractivity contribution < 1.29 is 33.6 Å². The molecule has 0 aromatic rings. The molecule has 0 aromatic heterocycles. The largest absolute Gasteiger partial charge is 0.346 e. The first-order valence-corrected chi connectivity index (χ1v) is 17.4. The molecule has 3 fully saturated rings. The lowest BCUT2D eigenvalue weighted by molar-refractivity contribution is -0.145. The molecule has 2 heterocycles. The van der Waals surface area contributed by atoms with Crippen LogP contribution in [0, 0.1) is 28.1 Å². The Labute approximate surface area is 290 Å². The third-order valence-corrected chi connectivity index (χ3v) is 10.1. The topological polar surface area (TPSA) is 186 Å². The number of nitrogens with zero attached hydrogens (tertiary/aromatic N) is 2.